The largest absolute Gasteiger partial charge is 0.449 e. The molecule has 3 aromatic rings. The van der Waals surface area contributed by atoms with Crippen LogP contribution in [-0.4, -0.2) is 29.5 Å². The van der Waals surface area contributed by atoms with Gasteiger partial charge >= 0.3 is 5.97 Å². The number of rotatable bonds is 3. The molecule has 2 aliphatic rings. The molecule has 2 heterocycles. The molecule has 1 aromatic heterocycles. The van der Waals surface area contributed by atoms with Crippen LogP contribution in [0.3, 0.4) is 0 Å². The van der Waals surface area contributed by atoms with Gasteiger partial charge in [-0.3, -0.25) is 9.78 Å². The van der Waals surface area contributed by atoms with Crippen molar-refractivity contribution >= 4 is 28.5 Å². The van der Waals surface area contributed by atoms with E-state index in [-0.39, 0.29) is 5.91 Å². The fourth-order valence-corrected chi connectivity index (χ4v) is 4.50. The number of hydrogen-bond acceptors (Lipinski definition) is 4. The summed E-state index contributed by atoms with van der Waals surface area (Å²) < 4.78 is 5.70. The Labute approximate surface area is 169 Å². The summed E-state index contributed by atoms with van der Waals surface area (Å²) in [5, 5.41) is 0.796. The molecule has 0 saturated heterocycles. The Morgan fingerprint density at radius 2 is 1.83 bits per heavy atom. The molecule has 5 heteroatoms. The van der Waals surface area contributed by atoms with Crippen LogP contribution in [0.25, 0.3) is 10.9 Å². The van der Waals surface area contributed by atoms with Crippen molar-refractivity contribution in [1.29, 1.82) is 0 Å². The van der Waals surface area contributed by atoms with Crippen LogP contribution in [0.4, 0.5) is 5.69 Å². The number of carbonyl (C=O) groups excluding carboxylic acids is 2. The number of aryl methyl sites for hydroxylation is 1. The monoisotopic (exact) mass is 386 g/mol. The van der Waals surface area contributed by atoms with Crippen molar-refractivity contribution in [3.05, 3.63) is 70.9 Å². The van der Waals surface area contributed by atoms with E-state index in [4.69, 9.17) is 9.72 Å². The minimum Gasteiger partial charge on any atom is -0.449 e. The van der Waals surface area contributed by atoms with Crippen LogP contribution in [0, 0.1) is 0 Å². The molecule has 2 aromatic carbocycles. The standard InChI is InChI=1S/C24H22N2O3/c1-15(23(27)26-14-13-16-7-2-5-12-21(16)26)29-24(28)22-17-8-3-4-10-19(17)25-20-11-6-9-18(20)22/h2-5,7-8,10,12,15H,6,9,11,13-14H2,1H3/t15-/m1/s1. The maximum absolute atomic E-state index is 13.2. The van der Waals surface area contributed by atoms with E-state index in [9.17, 15) is 9.59 Å². The highest BCUT2D eigenvalue weighted by atomic mass is 16.5. The number of hydrogen-bond donors (Lipinski definition) is 0. The number of benzene rings is 2. The van der Waals surface area contributed by atoms with Crippen molar-refractivity contribution < 1.29 is 14.3 Å². The maximum atomic E-state index is 13.2. The molecule has 0 N–H and O–H groups in total. The second kappa shape index (κ2) is 6.99. The van der Waals surface area contributed by atoms with Crippen molar-refractivity contribution in [1.82, 2.24) is 4.98 Å². The van der Waals surface area contributed by atoms with E-state index in [1.165, 1.54) is 0 Å². The number of amides is 1. The van der Waals surface area contributed by atoms with Crippen LogP contribution < -0.4 is 4.90 Å². The van der Waals surface area contributed by atoms with Crippen molar-refractivity contribution in [2.75, 3.05) is 11.4 Å². The van der Waals surface area contributed by atoms with E-state index in [0.717, 1.165) is 59.1 Å². The van der Waals surface area contributed by atoms with Crippen molar-refractivity contribution in [2.45, 2.75) is 38.7 Å². The highest BCUT2D eigenvalue weighted by molar-refractivity contribution is 6.07. The molecule has 1 aliphatic carbocycles. The number of carbonyl (C=O) groups is 2. The zero-order chi connectivity index (χ0) is 20.0. The summed E-state index contributed by atoms with van der Waals surface area (Å²) in [6, 6.07) is 15.5. The van der Waals surface area contributed by atoms with Crippen LogP contribution in [0.1, 0.15) is 40.5 Å². The molecule has 5 rings (SSSR count). The van der Waals surface area contributed by atoms with Gasteiger partial charge in [-0.2, -0.15) is 0 Å². The third-order valence-corrected chi connectivity index (χ3v) is 5.91. The van der Waals surface area contributed by atoms with Crippen molar-refractivity contribution in [2.24, 2.45) is 0 Å². The number of anilines is 1. The number of fused-ring (bicyclic) bond motifs is 3. The van der Waals surface area contributed by atoms with Gasteiger partial charge in [0.1, 0.15) is 0 Å². The minimum absolute atomic E-state index is 0.182. The zero-order valence-electron chi connectivity index (χ0n) is 16.4. The summed E-state index contributed by atoms with van der Waals surface area (Å²) in [6.07, 6.45) is 2.65. The Bertz CT molecular complexity index is 1140. The van der Waals surface area contributed by atoms with Crippen LogP contribution >= 0.6 is 0 Å². The van der Waals surface area contributed by atoms with Gasteiger partial charge in [0, 0.05) is 23.3 Å². The van der Waals surface area contributed by atoms with Gasteiger partial charge in [0.25, 0.3) is 5.91 Å². The van der Waals surface area contributed by atoms with Crippen LogP contribution in [0.2, 0.25) is 0 Å². The zero-order valence-corrected chi connectivity index (χ0v) is 16.4. The van der Waals surface area contributed by atoms with Gasteiger partial charge in [-0.1, -0.05) is 36.4 Å². The Balaban J connectivity index is 1.43. The van der Waals surface area contributed by atoms with Gasteiger partial charge in [0.2, 0.25) is 0 Å². The molecule has 0 radical (unpaired) electrons. The number of ether oxygens (including phenoxy) is 1. The molecule has 29 heavy (non-hydrogen) atoms. The van der Waals surface area contributed by atoms with E-state index in [1.54, 1.807) is 11.8 Å². The Hall–Kier alpha value is -3.21. The molecule has 0 fully saturated rings. The number of aromatic nitrogens is 1. The molecule has 0 spiro atoms. The third-order valence-electron chi connectivity index (χ3n) is 5.91. The molecular formula is C24H22N2O3. The number of nitrogens with zero attached hydrogens (tertiary/aromatic N) is 2. The first-order valence-electron chi connectivity index (χ1n) is 10.1. The van der Waals surface area contributed by atoms with Crippen LogP contribution in [0.5, 0.6) is 0 Å². The fraction of sp³-hybridized carbons (Fsp3) is 0.292. The Kier molecular flexibility index (Phi) is 4.31. The van der Waals surface area contributed by atoms with Gasteiger partial charge in [-0.05, 0) is 55.9 Å². The smallest absolute Gasteiger partial charge is 0.339 e. The first-order valence-corrected chi connectivity index (χ1v) is 10.1. The van der Waals surface area contributed by atoms with Gasteiger partial charge < -0.3 is 9.64 Å². The average molecular weight is 386 g/mol. The lowest BCUT2D eigenvalue weighted by molar-refractivity contribution is -0.126. The quantitative estimate of drug-likeness (QED) is 0.642. The van der Waals surface area contributed by atoms with Gasteiger partial charge in [0.05, 0.1) is 11.1 Å². The maximum Gasteiger partial charge on any atom is 0.339 e. The van der Waals surface area contributed by atoms with E-state index in [0.29, 0.717) is 12.1 Å². The summed E-state index contributed by atoms with van der Waals surface area (Å²) in [5.41, 5.74) is 5.38. The van der Waals surface area contributed by atoms with E-state index < -0.39 is 12.1 Å². The van der Waals surface area contributed by atoms with Crippen molar-refractivity contribution in [3.63, 3.8) is 0 Å². The molecule has 1 atom stereocenters. The predicted molar refractivity (Wildman–Crippen MR) is 111 cm³/mol. The highest BCUT2D eigenvalue weighted by Crippen LogP contribution is 2.31. The second-order valence-corrected chi connectivity index (χ2v) is 7.70. The molecular weight excluding hydrogens is 364 g/mol. The van der Waals surface area contributed by atoms with E-state index in [2.05, 4.69) is 0 Å². The lowest BCUT2D eigenvalue weighted by atomic mass is 10.0. The summed E-state index contributed by atoms with van der Waals surface area (Å²) in [7, 11) is 0. The average Bonchev–Trinajstić information content (AvgIpc) is 3.37. The SMILES string of the molecule is C[C@@H](OC(=O)c1c2c(nc3ccccc13)CCC2)C(=O)N1CCc2ccccc21. The predicted octanol–water partition coefficient (Wildman–Crippen LogP) is 3.86. The second-order valence-electron chi connectivity index (χ2n) is 7.70. The van der Waals surface area contributed by atoms with Gasteiger partial charge in [0.15, 0.2) is 6.10 Å². The fourth-order valence-electron chi connectivity index (χ4n) is 4.50. The Morgan fingerprint density at radius 3 is 2.72 bits per heavy atom. The van der Waals surface area contributed by atoms with Crippen LogP contribution in [0.15, 0.2) is 48.5 Å². The molecule has 0 bridgehead atoms. The summed E-state index contributed by atoms with van der Waals surface area (Å²) in [5.74, 6) is -0.617. The molecule has 5 nitrogen and oxygen atoms in total. The number of pyridine rings is 1. The lowest BCUT2D eigenvalue weighted by Gasteiger charge is -2.22. The lowest BCUT2D eigenvalue weighted by Crippen LogP contribution is -2.39. The summed E-state index contributed by atoms with van der Waals surface area (Å²) >= 11 is 0. The minimum atomic E-state index is -0.849. The summed E-state index contributed by atoms with van der Waals surface area (Å²) in [6.45, 7) is 2.28. The number of para-hydroxylation sites is 2. The topological polar surface area (TPSA) is 59.5 Å². The van der Waals surface area contributed by atoms with Crippen LogP contribution in [-0.2, 0) is 28.8 Å². The van der Waals surface area contributed by atoms with E-state index in [1.807, 2.05) is 48.5 Å². The summed E-state index contributed by atoms with van der Waals surface area (Å²) in [4.78, 5) is 32.6. The first kappa shape index (κ1) is 17.9. The van der Waals surface area contributed by atoms with E-state index >= 15 is 0 Å². The van der Waals surface area contributed by atoms with Gasteiger partial charge in [-0.25, -0.2) is 4.79 Å². The molecule has 1 amide bonds. The van der Waals surface area contributed by atoms with Gasteiger partial charge in [-0.15, -0.1) is 0 Å². The Morgan fingerprint density at radius 1 is 1.03 bits per heavy atom. The van der Waals surface area contributed by atoms with Crippen molar-refractivity contribution in [3.8, 4) is 0 Å². The number of esters is 1. The molecule has 1 aliphatic heterocycles. The first-order chi connectivity index (χ1) is 14.1. The highest BCUT2D eigenvalue weighted by Gasteiger charge is 2.32. The third kappa shape index (κ3) is 2.97. The molecule has 0 unspecified atom stereocenters. The molecule has 146 valence electrons. The molecule has 0 saturated carbocycles. The normalized spacial score (nSPS) is 15.8.